The summed E-state index contributed by atoms with van der Waals surface area (Å²) in [6.07, 6.45) is 5.94. The van der Waals surface area contributed by atoms with Crippen molar-refractivity contribution in [1.29, 1.82) is 0 Å². The number of likely N-dealkylation sites (N-methyl/N-ethyl adjacent to an activating group) is 1. The molecule has 0 saturated carbocycles. The Morgan fingerprint density at radius 1 is 1.23 bits per heavy atom. The van der Waals surface area contributed by atoms with E-state index in [0.29, 0.717) is 18.5 Å². The van der Waals surface area contributed by atoms with E-state index in [9.17, 15) is 0 Å². The van der Waals surface area contributed by atoms with Crippen LogP contribution in [0.15, 0.2) is 36.7 Å². The van der Waals surface area contributed by atoms with Gasteiger partial charge in [-0.2, -0.15) is 5.10 Å². The number of aromatic amines is 1. The number of anilines is 1. The second-order valence-electron chi connectivity index (χ2n) is 8.45. The van der Waals surface area contributed by atoms with Crippen molar-refractivity contribution < 1.29 is 9.47 Å². The molecule has 0 aliphatic carbocycles. The molecule has 164 valence electrons. The molecule has 2 saturated heterocycles. The molecule has 2 aromatic heterocycles. The van der Waals surface area contributed by atoms with Gasteiger partial charge in [0, 0.05) is 37.1 Å². The van der Waals surface area contributed by atoms with Gasteiger partial charge in [0.2, 0.25) is 5.88 Å². The van der Waals surface area contributed by atoms with E-state index in [1.54, 1.807) is 0 Å². The first kappa shape index (κ1) is 20.1. The highest BCUT2D eigenvalue weighted by Gasteiger charge is 2.26. The van der Waals surface area contributed by atoms with Gasteiger partial charge in [-0.1, -0.05) is 6.07 Å². The molecule has 1 aromatic carbocycles. The van der Waals surface area contributed by atoms with E-state index in [0.717, 1.165) is 54.1 Å². The third kappa shape index (κ3) is 4.18. The number of likely N-dealkylation sites (tertiary alicyclic amines) is 1. The first-order chi connectivity index (χ1) is 15.2. The molecule has 0 amide bonds. The summed E-state index contributed by atoms with van der Waals surface area (Å²) in [4.78, 5) is 9.09. The molecule has 8 nitrogen and oxygen atoms in total. The molecule has 0 bridgehead atoms. The third-order valence-electron chi connectivity index (χ3n) is 6.37. The zero-order valence-corrected chi connectivity index (χ0v) is 18.2. The molecule has 0 radical (unpaired) electrons. The Bertz CT molecular complexity index is 1040. The number of hydrogen-bond donors (Lipinski definition) is 2. The summed E-state index contributed by atoms with van der Waals surface area (Å²) in [6.45, 7) is 6.38. The summed E-state index contributed by atoms with van der Waals surface area (Å²) in [5.74, 6) is 1.54. The molecule has 5 rings (SSSR count). The number of pyridine rings is 1. The molecular formula is C23H30N6O2. The molecule has 8 heteroatoms. The highest BCUT2D eigenvalue weighted by Crippen LogP contribution is 2.31. The van der Waals surface area contributed by atoms with Crippen molar-refractivity contribution in [2.24, 2.45) is 0 Å². The van der Waals surface area contributed by atoms with Gasteiger partial charge in [0.25, 0.3) is 0 Å². The minimum atomic E-state index is -0.135. The molecule has 2 aliphatic rings. The molecule has 3 aromatic rings. The van der Waals surface area contributed by atoms with Crippen LogP contribution in [-0.2, 0) is 0 Å². The topological polar surface area (TPSA) is 78.5 Å². The van der Waals surface area contributed by atoms with Crippen molar-refractivity contribution in [3.8, 4) is 11.6 Å². The average Bonchev–Trinajstić information content (AvgIpc) is 3.43. The molecule has 31 heavy (non-hydrogen) atoms. The van der Waals surface area contributed by atoms with Crippen molar-refractivity contribution in [2.45, 2.75) is 32.0 Å². The van der Waals surface area contributed by atoms with Crippen LogP contribution in [0.1, 0.15) is 18.4 Å². The van der Waals surface area contributed by atoms with Crippen LogP contribution in [0.2, 0.25) is 0 Å². The molecule has 2 atom stereocenters. The van der Waals surface area contributed by atoms with Gasteiger partial charge in [-0.25, -0.2) is 4.98 Å². The number of nitrogens with zero attached hydrogens (tertiary/aromatic N) is 4. The average molecular weight is 423 g/mol. The molecule has 0 spiro atoms. The maximum Gasteiger partial charge on any atom is 0.215 e. The number of rotatable bonds is 6. The van der Waals surface area contributed by atoms with Crippen LogP contribution < -0.4 is 19.7 Å². The van der Waals surface area contributed by atoms with E-state index in [1.165, 1.54) is 12.8 Å². The Labute approximate surface area is 182 Å². The largest absolute Gasteiger partial charge is 0.476 e. The molecule has 4 heterocycles. The molecular weight excluding hydrogens is 392 g/mol. The first-order valence-electron chi connectivity index (χ1n) is 11.0. The van der Waals surface area contributed by atoms with Crippen LogP contribution >= 0.6 is 0 Å². The van der Waals surface area contributed by atoms with Crippen molar-refractivity contribution in [3.05, 3.63) is 42.2 Å². The number of H-pyrrole nitrogens is 1. The van der Waals surface area contributed by atoms with Crippen LogP contribution in [0.4, 0.5) is 5.69 Å². The lowest BCUT2D eigenvalue weighted by Gasteiger charge is -2.38. The van der Waals surface area contributed by atoms with E-state index in [-0.39, 0.29) is 6.23 Å². The lowest BCUT2D eigenvalue weighted by molar-refractivity contribution is 0.177. The van der Waals surface area contributed by atoms with Gasteiger partial charge in [0.1, 0.15) is 12.4 Å². The second-order valence-corrected chi connectivity index (χ2v) is 8.45. The Morgan fingerprint density at radius 2 is 2.16 bits per heavy atom. The predicted molar refractivity (Wildman–Crippen MR) is 121 cm³/mol. The standard InChI is InChI=1S/C23H30N6O2/c1-16-5-6-20-19(13-26-27-20)23(16)31-22-14-24-9-11-29(22)17-7-8-25-21(12-17)30-15-18-4-3-10-28(18)2/h5-8,12-13,18,22,24H,3-4,9-11,14-15H2,1-2H3,(H,26,27)/t18-,22-/m0/s1. The van der Waals surface area contributed by atoms with Crippen LogP contribution in [0.3, 0.4) is 0 Å². The van der Waals surface area contributed by atoms with Crippen LogP contribution in [0, 0.1) is 6.92 Å². The summed E-state index contributed by atoms with van der Waals surface area (Å²) >= 11 is 0. The molecule has 2 fully saturated rings. The highest BCUT2D eigenvalue weighted by atomic mass is 16.5. The molecule has 2 aliphatic heterocycles. The van der Waals surface area contributed by atoms with Gasteiger partial charge in [0.05, 0.1) is 23.6 Å². The van der Waals surface area contributed by atoms with Crippen LogP contribution in [-0.4, -0.2) is 72.2 Å². The summed E-state index contributed by atoms with van der Waals surface area (Å²) in [7, 11) is 2.16. The van der Waals surface area contributed by atoms with Gasteiger partial charge in [-0.05, 0) is 51.1 Å². The van der Waals surface area contributed by atoms with Gasteiger partial charge in [-0.3, -0.25) is 5.10 Å². The second kappa shape index (κ2) is 8.72. The van der Waals surface area contributed by atoms with E-state index >= 15 is 0 Å². The predicted octanol–water partition coefficient (Wildman–Crippen LogP) is 2.55. The Morgan fingerprint density at radius 3 is 3.03 bits per heavy atom. The maximum absolute atomic E-state index is 6.56. The number of nitrogens with one attached hydrogen (secondary N) is 2. The Hall–Kier alpha value is -2.84. The number of hydrogen-bond acceptors (Lipinski definition) is 7. The summed E-state index contributed by atoms with van der Waals surface area (Å²) < 4.78 is 12.6. The van der Waals surface area contributed by atoms with Gasteiger partial charge in [0.15, 0.2) is 6.23 Å². The number of piperazine rings is 1. The minimum absolute atomic E-state index is 0.135. The van der Waals surface area contributed by atoms with Gasteiger partial charge < -0.3 is 24.6 Å². The Balaban J connectivity index is 1.34. The maximum atomic E-state index is 6.56. The van der Waals surface area contributed by atoms with E-state index in [2.05, 4.69) is 50.3 Å². The van der Waals surface area contributed by atoms with E-state index in [1.807, 2.05) is 30.6 Å². The van der Waals surface area contributed by atoms with Gasteiger partial charge in [-0.15, -0.1) is 0 Å². The van der Waals surface area contributed by atoms with Crippen molar-refractivity contribution in [2.75, 3.05) is 44.7 Å². The van der Waals surface area contributed by atoms with E-state index < -0.39 is 0 Å². The summed E-state index contributed by atoms with van der Waals surface area (Å²) in [5, 5.41) is 11.7. The summed E-state index contributed by atoms with van der Waals surface area (Å²) in [6, 6.07) is 8.63. The minimum Gasteiger partial charge on any atom is -0.476 e. The normalized spacial score (nSPS) is 22.2. The lowest BCUT2D eigenvalue weighted by Crippen LogP contribution is -2.54. The molecule has 0 unspecified atom stereocenters. The van der Waals surface area contributed by atoms with Crippen molar-refractivity contribution in [3.63, 3.8) is 0 Å². The zero-order valence-electron chi connectivity index (χ0n) is 18.2. The van der Waals surface area contributed by atoms with E-state index in [4.69, 9.17) is 9.47 Å². The fourth-order valence-electron chi connectivity index (χ4n) is 4.50. The number of aryl methyl sites for hydroxylation is 1. The SMILES string of the molecule is Cc1ccc2[nH]ncc2c1O[C@H]1CNCCN1c1ccnc(OC[C@@H]2CCCN2C)c1. The van der Waals surface area contributed by atoms with Crippen molar-refractivity contribution >= 4 is 16.6 Å². The fraction of sp³-hybridized carbons (Fsp3) is 0.478. The zero-order chi connectivity index (χ0) is 21.2. The van der Waals surface area contributed by atoms with Crippen molar-refractivity contribution in [1.82, 2.24) is 25.4 Å². The van der Waals surface area contributed by atoms with Gasteiger partial charge >= 0.3 is 0 Å². The number of ether oxygens (including phenoxy) is 2. The number of fused-ring (bicyclic) bond motifs is 1. The monoisotopic (exact) mass is 422 g/mol. The van der Waals surface area contributed by atoms with Crippen LogP contribution in [0.25, 0.3) is 10.9 Å². The third-order valence-corrected chi connectivity index (χ3v) is 6.37. The highest BCUT2D eigenvalue weighted by molar-refractivity contribution is 5.86. The number of benzene rings is 1. The summed E-state index contributed by atoms with van der Waals surface area (Å²) in [5.41, 5.74) is 3.14. The lowest BCUT2D eigenvalue weighted by atomic mass is 10.1. The molecule has 2 N–H and O–H groups in total. The van der Waals surface area contributed by atoms with Crippen LogP contribution in [0.5, 0.6) is 11.6 Å². The smallest absolute Gasteiger partial charge is 0.215 e. The number of aromatic nitrogens is 3. The fourth-order valence-corrected chi connectivity index (χ4v) is 4.50. The first-order valence-corrected chi connectivity index (χ1v) is 11.0. The quantitative estimate of drug-likeness (QED) is 0.632. The Kier molecular flexibility index (Phi) is 5.65.